The molecule has 36 heavy (non-hydrogen) atoms. The molecule has 186 valence electrons. The average molecular weight is 506 g/mol. The third-order valence-corrected chi connectivity index (χ3v) is 6.80. The van der Waals surface area contributed by atoms with Gasteiger partial charge in [0.2, 0.25) is 0 Å². The molecule has 0 fully saturated rings. The van der Waals surface area contributed by atoms with Crippen LogP contribution in [0.25, 0.3) is 0 Å². The summed E-state index contributed by atoms with van der Waals surface area (Å²) in [5.41, 5.74) is 3.92. The lowest BCUT2D eigenvalue weighted by Gasteiger charge is -2.40. The quantitative estimate of drug-likeness (QED) is 0.451. The second-order valence-corrected chi connectivity index (χ2v) is 9.34. The number of rotatable bonds is 4. The molecule has 2 heterocycles. The van der Waals surface area contributed by atoms with Crippen LogP contribution in [0, 0.1) is 0 Å². The molecular weight excluding hydrogens is 478 g/mol. The van der Waals surface area contributed by atoms with Crippen LogP contribution >= 0.6 is 11.6 Å². The molecule has 0 saturated heterocycles. The number of fused-ring (bicyclic) bond motifs is 2. The summed E-state index contributed by atoms with van der Waals surface area (Å²) in [5, 5.41) is 4.28. The molecule has 2 unspecified atom stereocenters. The Labute approximate surface area is 215 Å². The molecule has 8 heteroatoms. The molecule has 2 atom stereocenters. The van der Waals surface area contributed by atoms with Gasteiger partial charge in [0.25, 0.3) is 5.91 Å². The molecular formula is C28H28ClN3O4. The maximum Gasteiger partial charge on any atom is 0.414 e. The van der Waals surface area contributed by atoms with Crippen molar-refractivity contribution in [3.05, 3.63) is 82.9 Å². The zero-order valence-corrected chi connectivity index (χ0v) is 21.0. The van der Waals surface area contributed by atoms with Crippen LogP contribution in [0.3, 0.4) is 0 Å². The van der Waals surface area contributed by atoms with E-state index < -0.39 is 6.09 Å². The van der Waals surface area contributed by atoms with E-state index in [2.05, 4.69) is 18.3 Å². The van der Waals surface area contributed by atoms with Gasteiger partial charge in [-0.1, -0.05) is 29.8 Å². The lowest BCUT2D eigenvalue weighted by atomic mass is 9.90. The third-order valence-electron chi connectivity index (χ3n) is 6.55. The Balaban J connectivity index is 1.46. The van der Waals surface area contributed by atoms with Crippen molar-refractivity contribution >= 4 is 40.7 Å². The molecule has 7 nitrogen and oxygen atoms in total. The number of hydrogen-bond acceptors (Lipinski definition) is 5. The molecule has 2 aliphatic rings. The van der Waals surface area contributed by atoms with Gasteiger partial charge in [0, 0.05) is 28.0 Å². The molecule has 1 N–H and O–H groups in total. The molecule has 3 aromatic rings. The Morgan fingerprint density at radius 1 is 1.08 bits per heavy atom. The van der Waals surface area contributed by atoms with Crippen molar-refractivity contribution in [2.75, 3.05) is 34.9 Å². The number of ether oxygens (including phenoxy) is 2. The highest BCUT2D eigenvalue weighted by Crippen LogP contribution is 2.40. The van der Waals surface area contributed by atoms with Gasteiger partial charge in [-0.3, -0.25) is 9.69 Å². The van der Waals surface area contributed by atoms with Gasteiger partial charge in [-0.15, -0.1) is 0 Å². The lowest BCUT2D eigenvalue weighted by Crippen LogP contribution is -2.44. The zero-order valence-electron chi connectivity index (χ0n) is 20.2. The zero-order chi connectivity index (χ0) is 25.2. The minimum absolute atomic E-state index is 0.0395. The maximum absolute atomic E-state index is 13.9. The first kappa shape index (κ1) is 24.0. The number of carbonyl (C=O) groups is 2. The summed E-state index contributed by atoms with van der Waals surface area (Å²) in [7, 11) is 0. The van der Waals surface area contributed by atoms with Crippen LogP contribution in [0.2, 0.25) is 5.02 Å². The molecule has 3 aromatic carbocycles. The number of nitrogens with one attached hydrogen (secondary N) is 1. The normalized spacial score (nSPS) is 18.5. The highest BCUT2D eigenvalue weighted by Gasteiger charge is 2.35. The summed E-state index contributed by atoms with van der Waals surface area (Å²) >= 11 is 6.05. The number of hydrogen-bond donors (Lipinski definition) is 1. The number of nitrogens with zero attached hydrogens (tertiary/aromatic N) is 2. The second-order valence-electron chi connectivity index (χ2n) is 8.90. The predicted octanol–water partition coefficient (Wildman–Crippen LogP) is 6.29. The van der Waals surface area contributed by atoms with Crippen LogP contribution in [0.1, 0.15) is 42.2 Å². The minimum atomic E-state index is -0.445. The number of halogens is 1. The van der Waals surface area contributed by atoms with Crippen molar-refractivity contribution in [1.82, 2.24) is 0 Å². The lowest BCUT2D eigenvalue weighted by molar-refractivity contribution is 0.0973. The Kier molecular flexibility index (Phi) is 6.74. The van der Waals surface area contributed by atoms with Crippen LogP contribution in [0.15, 0.2) is 66.7 Å². The van der Waals surface area contributed by atoms with Crippen molar-refractivity contribution in [3.8, 4) is 5.75 Å². The molecule has 2 amide bonds. The first-order chi connectivity index (χ1) is 17.5. The van der Waals surface area contributed by atoms with E-state index in [0.29, 0.717) is 35.2 Å². The van der Waals surface area contributed by atoms with E-state index >= 15 is 0 Å². The van der Waals surface area contributed by atoms with Crippen molar-refractivity contribution in [2.45, 2.75) is 32.4 Å². The van der Waals surface area contributed by atoms with Gasteiger partial charge in [-0.25, -0.2) is 4.79 Å². The fourth-order valence-electron chi connectivity index (χ4n) is 4.89. The van der Waals surface area contributed by atoms with Gasteiger partial charge >= 0.3 is 6.09 Å². The largest absolute Gasteiger partial charge is 0.490 e. The average Bonchev–Trinajstić information content (AvgIpc) is 2.89. The van der Waals surface area contributed by atoms with E-state index in [0.717, 1.165) is 23.4 Å². The van der Waals surface area contributed by atoms with Crippen LogP contribution < -0.4 is 19.9 Å². The van der Waals surface area contributed by atoms with Gasteiger partial charge < -0.3 is 19.7 Å². The van der Waals surface area contributed by atoms with Crippen LogP contribution in [-0.4, -0.2) is 37.8 Å². The molecule has 0 radical (unpaired) electrons. The number of anilines is 3. The highest BCUT2D eigenvalue weighted by atomic mass is 35.5. The van der Waals surface area contributed by atoms with Crippen molar-refractivity contribution in [3.63, 3.8) is 0 Å². The minimum Gasteiger partial charge on any atom is -0.490 e. The maximum atomic E-state index is 13.9. The monoisotopic (exact) mass is 505 g/mol. The van der Waals surface area contributed by atoms with Crippen LogP contribution in [-0.2, 0) is 4.74 Å². The molecule has 0 spiro atoms. The molecule has 5 rings (SSSR count). The number of amides is 2. The van der Waals surface area contributed by atoms with Gasteiger partial charge in [-0.05, 0) is 74.4 Å². The second kappa shape index (κ2) is 10.1. The standard InChI is InChI=1S/C28H28ClN3O4/c1-3-35-28(34)31-14-15-36-26-13-8-19(17-25(26)31)27(33)32-18(2)16-23(22-6-4-5-7-24(22)32)30-21-11-9-20(29)10-12-21/h4-13,17-18,23,30H,3,14-16H2,1-2H3. The van der Waals surface area contributed by atoms with Crippen molar-refractivity contribution < 1.29 is 19.1 Å². The van der Waals surface area contributed by atoms with Gasteiger partial charge in [-0.2, -0.15) is 0 Å². The SMILES string of the molecule is CCOC(=O)N1CCOc2ccc(C(=O)N3c4ccccc4C(Nc4ccc(Cl)cc4)CC3C)cc21. The van der Waals surface area contributed by atoms with E-state index in [4.69, 9.17) is 21.1 Å². The van der Waals surface area contributed by atoms with Crippen molar-refractivity contribution in [2.24, 2.45) is 0 Å². The topological polar surface area (TPSA) is 71.1 Å². The smallest absolute Gasteiger partial charge is 0.414 e. The summed E-state index contributed by atoms with van der Waals surface area (Å²) in [5.74, 6) is 0.433. The Bertz CT molecular complexity index is 1280. The number of benzene rings is 3. The van der Waals surface area contributed by atoms with Crippen LogP contribution in [0.5, 0.6) is 5.75 Å². The van der Waals surface area contributed by atoms with Gasteiger partial charge in [0.05, 0.1) is 24.9 Å². The molecule has 0 saturated carbocycles. The highest BCUT2D eigenvalue weighted by molar-refractivity contribution is 6.30. The summed E-state index contributed by atoms with van der Waals surface area (Å²) in [4.78, 5) is 29.8. The molecule has 0 aromatic heterocycles. The fraction of sp³-hybridized carbons (Fsp3) is 0.286. The van der Waals surface area contributed by atoms with E-state index in [-0.39, 0.29) is 24.6 Å². The first-order valence-corrected chi connectivity index (χ1v) is 12.5. The summed E-state index contributed by atoms with van der Waals surface area (Å²) < 4.78 is 10.9. The summed E-state index contributed by atoms with van der Waals surface area (Å²) in [6, 6.07) is 20.8. The Morgan fingerprint density at radius 2 is 1.86 bits per heavy atom. The number of para-hydroxylation sites is 1. The van der Waals surface area contributed by atoms with Crippen molar-refractivity contribution in [1.29, 1.82) is 0 Å². The summed E-state index contributed by atoms with van der Waals surface area (Å²) in [6.07, 6.45) is 0.286. The Morgan fingerprint density at radius 3 is 2.64 bits per heavy atom. The van der Waals surface area contributed by atoms with Crippen LogP contribution in [0.4, 0.5) is 21.9 Å². The molecule has 2 aliphatic heterocycles. The number of carbonyl (C=O) groups excluding carboxylic acids is 2. The van der Waals surface area contributed by atoms with E-state index in [9.17, 15) is 9.59 Å². The fourth-order valence-corrected chi connectivity index (χ4v) is 5.01. The van der Waals surface area contributed by atoms with E-state index in [1.54, 1.807) is 25.1 Å². The Hall–Kier alpha value is -3.71. The van der Waals surface area contributed by atoms with Gasteiger partial charge in [0.15, 0.2) is 0 Å². The van der Waals surface area contributed by atoms with E-state index in [1.165, 1.54) is 4.90 Å². The molecule has 0 aliphatic carbocycles. The van der Waals surface area contributed by atoms with E-state index in [1.807, 2.05) is 47.4 Å². The van der Waals surface area contributed by atoms with Gasteiger partial charge in [0.1, 0.15) is 12.4 Å². The first-order valence-electron chi connectivity index (χ1n) is 12.1. The predicted molar refractivity (Wildman–Crippen MR) is 141 cm³/mol. The molecule has 0 bridgehead atoms. The summed E-state index contributed by atoms with van der Waals surface area (Å²) in [6.45, 7) is 4.83. The third kappa shape index (κ3) is 4.58.